The molecule has 0 aliphatic carbocycles. The summed E-state index contributed by atoms with van der Waals surface area (Å²) in [6, 6.07) is 11.0. The second-order valence-electron chi connectivity index (χ2n) is 7.67. The number of amides is 1. The van der Waals surface area contributed by atoms with E-state index in [4.69, 9.17) is 5.73 Å². The molecule has 1 aromatic rings. The predicted molar refractivity (Wildman–Crippen MR) is 99.5 cm³/mol. The Morgan fingerprint density at radius 2 is 2.00 bits per heavy atom. The highest BCUT2D eigenvalue weighted by molar-refractivity contribution is 5.81. The zero-order valence-corrected chi connectivity index (χ0v) is 15.6. The third kappa shape index (κ3) is 5.05. The van der Waals surface area contributed by atoms with Crippen LogP contribution in [0.2, 0.25) is 0 Å². The van der Waals surface area contributed by atoms with Gasteiger partial charge in [-0.2, -0.15) is 0 Å². The Labute approximate surface area is 147 Å². The molecule has 1 fully saturated rings. The molecule has 0 radical (unpaired) electrons. The van der Waals surface area contributed by atoms with Crippen LogP contribution in [0.1, 0.15) is 45.6 Å². The molecular formula is C20H33N3O. The Kier molecular flexibility index (Phi) is 6.81. The maximum absolute atomic E-state index is 12.5. The SMILES string of the molecule is CC(C)C[C@H](N)C(=O)N(C)C1CCN(Cc2ccccc2)C(C)C1. The minimum Gasteiger partial charge on any atom is -0.341 e. The van der Waals surface area contributed by atoms with E-state index in [-0.39, 0.29) is 11.9 Å². The normalized spacial score (nSPS) is 23.2. The van der Waals surface area contributed by atoms with Gasteiger partial charge in [-0.25, -0.2) is 0 Å². The number of likely N-dealkylation sites (N-methyl/N-ethyl adjacent to an activating group) is 1. The number of nitrogens with zero attached hydrogens (tertiary/aromatic N) is 2. The van der Waals surface area contributed by atoms with Crippen LogP contribution >= 0.6 is 0 Å². The van der Waals surface area contributed by atoms with Crippen molar-refractivity contribution in [3.8, 4) is 0 Å². The molecule has 2 N–H and O–H groups in total. The van der Waals surface area contributed by atoms with Gasteiger partial charge in [0.05, 0.1) is 6.04 Å². The number of carbonyl (C=O) groups is 1. The van der Waals surface area contributed by atoms with Gasteiger partial charge in [-0.15, -0.1) is 0 Å². The molecule has 1 aliphatic rings. The zero-order valence-electron chi connectivity index (χ0n) is 15.6. The third-order valence-electron chi connectivity index (χ3n) is 5.15. The summed E-state index contributed by atoms with van der Waals surface area (Å²) in [5.41, 5.74) is 7.44. The molecule has 0 spiro atoms. The standard InChI is InChI=1S/C20H33N3O/c1-15(2)12-19(21)20(24)22(4)18-10-11-23(16(3)13-18)14-17-8-6-5-7-9-17/h5-9,15-16,18-19H,10-14,21H2,1-4H3/t16?,18?,19-/m0/s1. The van der Waals surface area contributed by atoms with Gasteiger partial charge in [-0.3, -0.25) is 9.69 Å². The van der Waals surface area contributed by atoms with Gasteiger partial charge in [0.2, 0.25) is 5.91 Å². The van der Waals surface area contributed by atoms with Crippen molar-refractivity contribution in [1.29, 1.82) is 0 Å². The van der Waals surface area contributed by atoms with Crippen molar-refractivity contribution in [2.75, 3.05) is 13.6 Å². The van der Waals surface area contributed by atoms with Crippen molar-refractivity contribution in [1.82, 2.24) is 9.80 Å². The van der Waals surface area contributed by atoms with Crippen molar-refractivity contribution in [2.45, 2.75) is 64.7 Å². The quantitative estimate of drug-likeness (QED) is 0.872. The first-order valence-corrected chi connectivity index (χ1v) is 9.18. The molecule has 2 unspecified atom stereocenters. The smallest absolute Gasteiger partial charge is 0.239 e. The van der Waals surface area contributed by atoms with Gasteiger partial charge in [0.25, 0.3) is 0 Å². The summed E-state index contributed by atoms with van der Waals surface area (Å²) in [6.45, 7) is 8.49. The second-order valence-corrected chi connectivity index (χ2v) is 7.67. The summed E-state index contributed by atoms with van der Waals surface area (Å²) >= 11 is 0. The average Bonchev–Trinajstić information content (AvgIpc) is 2.55. The van der Waals surface area contributed by atoms with E-state index in [9.17, 15) is 4.79 Å². The summed E-state index contributed by atoms with van der Waals surface area (Å²) < 4.78 is 0. The van der Waals surface area contributed by atoms with Crippen LogP contribution in [0.3, 0.4) is 0 Å². The number of hydrogen-bond donors (Lipinski definition) is 1. The average molecular weight is 332 g/mol. The summed E-state index contributed by atoms with van der Waals surface area (Å²) in [5, 5.41) is 0. The first kappa shape index (κ1) is 18.9. The maximum atomic E-state index is 12.5. The van der Waals surface area contributed by atoms with E-state index in [1.54, 1.807) is 0 Å². The molecule has 1 heterocycles. The fraction of sp³-hybridized carbons (Fsp3) is 0.650. The summed E-state index contributed by atoms with van der Waals surface area (Å²) in [4.78, 5) is 17.0. The first-order chi connectivity index (χ1) is 11.4. The molecule has 1 amide bonds. The molecule has 1 saturated heterocycles. The number of hydrogen-bond acceptors (Lipinski definition) is 3. The topological polar surface area (TPSA) is 49.6 Å². The van der Waals surface area contributed by atoms with Gasteiger partial charge in [0, 0.05) is 32.2 Å². The number of likely N-dealkylation sites (tertiary alicyclic amines) is 1. The molecule has 0 bridgehead atoms. The van der Waals surface area contributed by atoms with Gasteiger partial charge < -0.3 is 10.6 Å². The maximum Gasteiger partial charge on any atom is 0.239 e. The minimum absolute atomic E-state index is 0.0948. The molecule has 1 aliphatic heterocycles. The van der Waals surface area contributed by atoms with Crippen LogP contribution in [-0.2, 0) is 11.3 Å². The molecule has 1 aromatic carbocycles. The molecule has 24 heavy (non-hydrogen) atoms. The number of benzene rings is 1. The molecule has 0 aromatic heterocycles. The largest absolute Gasteiger partial charge is 0.341 e. The van der Waals surface area contributed by atoms with Crippen LogP contribution in [0.15, 0.2) is 30.3 Å². The molecule has 134 valence electrons. The fourth-order valence-corrected chi connectivity index (χ4v) is 3.65. The van der Waals surface area contributed by atoms with Crippen molar-refractivity contribution in [3.63, 3.8) is 0 Å². The highest BCUT2D eigenvalue weighted by atomic mass is 16.2. The highest BCUT2D eigenvalue weighted by Crippen LogP contribution is 2.23. The Morgan fingerprint density at radius 3 is 2.58 bits per heavy atom. The number of piperidine rings is 1. The van der Waals surface area contributed by atoms with E-state index >= 15 is 0 Å². The van der Waals surface area contributed by atoms with Crippen LogP contribution in [0.5, 0.6) is 0 Å². The lowest BCUT2D eigenvalue weighted by Gasteiger charge is -2.41. The fourth-order valence-electron chi connectivity index (χ4n) is 3.65. The Bertz CT molecular complexity index is 517. The Hall–Kier alpha value is -1.39. The van der Waals surface area contributed by atoms with Crippen LogP contribution in [0.4, 0.5) is 0 Å². The lowest BCUT2D eigenvalue weighted by molar-refractivity contribution is -0.135. The van der Waals surface area contributed by atoms with Gasteiger partial charge in [-0.05, 0) is 37.7 Å². The molecular weight excluding hydrogens is 298 g/mol. The van der Waals surface area contributed by atoms with Crippen LogP contribution in [0.25, 0.3) is 0 Å². The molecule has 4 nitrogen and oxygen atoms in total. The number of rotatable bonds is 6. The monoisotopic (exact) mass is 331 g/mol. The van der Waals surface area contributed by atoms with E-state index in [2.05, 4.69) is 56.0 Å². The van der Waals surface area contributed by atoms with Crippen LogP contribution in [-0.4, -0.2) is 47.4 Å². The highest BCUT2D eigenvalue weighted by Gasteiger charge is 2.31. The summed E-state index contributed by atoms with van der Waals surface area (Å²) in [5.74, 6) is 0.543. The lowest BCUT2D eigenvalue weighted by atomic mass is 9.95. The number of carbonyl (C=O) groups excluding carboxylic acids is 1. The zero-order chi connectivity index (χ0) is 17.7. The van der Waals surface area contributed by atoms with E-state index in [0.717, 1.165) is 32.4 Å². The molecule has 3 atom stereocenters. The predicted octanol–water partition coefficient (Wildman–Crippen LogP) is 2.87. The van der Waals surface area contributed by atoms with Crippen molar-refractivity contribution < 1.29 is 4.79 Å². The minimum atomic E-state index is -0.368. The summed E-state index contributed by atoms with van der Waals surface area (Å²) in [7, 11) is 1.92. The van der Waals surface area contributed by atoms with Crippen molar-refractivity contribution >= 4 is 5.91 Å². The van der Waals surface area contributed by atoms with Gasteiger partial charge >= 0.3 is 0 Å². The van der Waals surface area contributed by atoms with Gasteiger partial charge in [-0.1, -0.05) is 44.2 Å². The molecule has 2 rings (SSSR count). The van der Waals surface area contributed by atoms with E-state index in [1.807, 2.05) is 11.9 Å². The van der Waals surface area contributed by atoms with Crippen LogP contribution in [0, 0.1) is 5.92 Å². The van der Waals surface area contributed by atoms with Crippen LogP contribution < -0.4 is 5.73 Å². The Morgan fingerprint density at radius 1 is 1.33 bits per heavy atom. The lowest BCUT2D eigenvalue weighted by Crippen LogP contribution is -2.52. The van der Waals surface area contributed by atoms with Crippen molar-refractivity contribution in [3.05, 3.63) is 35.9 Å². The van der Waals surface area contributed by atoms with Gasteiger partial charge in [0.1, 0.15) is 0 Å². The molecule has 4 heteroatoms. The van der Waals surface area contributed by atoms with Crippen molar-refractivity contribution in [2.24, 2.45) is 11.7 Å². The molecule has 0 saturated carbocycles. The summed E-state index contributed by atoms with van der Waals surface area (Å²) in [6.07, 6.45) is 2.79. The van der Waals surface area contributed by atoms with E-state index in [0.29, 0.717) is 18.0 Å². The van der Waals surface area contributed by atoms with E-state index < -0.39 is 0 Å². The van der Waals surface area contributed by atoms with E-state index in [1.165, 1.54) is 5.56 Å². The third-order valence-corrected chi connectivity index (χ3v) is 5.15. The Balaban J connectivity index is 1.88. The number of nitrogens with two attached hydrogens (primary N) is 1. The van der Waals surface area contributed by atoms with Gasteiger partial charge in [0.15, 0.2) is 0 Å². The second kappa shape index (κ2) is 8.63. The first-order valence-electron chi connectivity index (χ1n) is 9.18.